The highest BCUT2D eigenvalue weighted by atomic mass is 35.5. The lowest BCUT2D eigenvalue weighted by Crippen LogP contribution is -2.00. The highest BCUT2D eigenvalue weighted by molar-refractivity contribution is 6.17. The first kappa shape index (κ1) is 8.97. The average Bonchev–Trinajstić information content (AvgIpc) is 2.99. The molecule has 0 spiro atoms. The van der Waals surface area contributed by atoms with Crippen LogP contribution in [0.2, 0.25) is 0 Å². The molecule has 1 heterocycles. The molecule has 1 aliphatic rings. The normalized spacial score (nSPS) is 16.2. The first-order valence-corrected chi connectivity index (χ1v) is 5.03. The Labute approximate surface area is 82.6 Å². The van der Waals surface area contributed by atoms with Gasteiger partial charge in [0.15, 0.2) is 0 Å². The molecule has 1 aromatic rings. The van der Waals surface area contributed by atoms with Crippen LogP contribution in [-0.2, 0) is 12.5 Å². The topological polar surface area (TPSA) is 33.1 Å². The van der Waals surface area contributed by atoms with E-state index in [4.69, 9.17) is 11.6 Å². The molecular formula is C10H12ClNO. The lowest BCUT2D eigenvalue weighted by Gasteiger charge is -2.08. The summed E-state index contributed by atoms with van der Waals surface area (Å²) in [5.41, 5.74) is 3.02. The lowest BCUT2D eigenvalue weighted by molar-refractivity contribution is 0.279. The van der Waals surface area contributed by atoms with Crippen LogP contribution in [0.5, 0.6) is 0 Å². The molecule has 0 atom stereocenters. The van der Waals surface area contributed by atoms with E-state index < -0.39 is 0 Å². The van der Waals surface area contributed by atoms with Crippen molar-refractivity contribution in [3.63, 3.8) is 0 Å². The predicted molar refractivity (Wildman–Crippen MR) is 51.7 cm³/mol. The summed E-state index contributed by atoms with van der Waals surface area (Å²) < 4.78 is 0. The standard InChI is InChI=1S/C10H12ClNO/c11-5-10-9(6-13)8(3-4-12-10)7-1-2-7/h3-4,7,13H,1-2,5-6H2. The number of pyridine rings is 1. The zero-order valence-corrected chi connectivity index (χ0v) is 8.09. The third-order valence-corrected chi connectivity index (χ3v) is 2.74. The summed E-state index contributed by atoms with van der Waals surface area (Å²) in [5, 5.41) is 9.21. The van der Waals surface area contributed by atoms with Crippen LogP contribution < -0.4 is 0 Å². The van der Waals surface area contributed by atoms with Crippen molar-refractivity contribution in [1.29, 1.82) is 0 Å². The molecule has 0 unspecified atom stereocenters. The molecule has 1 aromatic heterocycles. The Morgan fingerprint density at radius 2 is 2.31 bits per heavy atom. The summed E-state index contributed by atoms with van der Waals surface area (Å²) in [4.78, 5) is 4.15. The molecule has 1 N–H and O–H groups in total. The van der Waals surface area contributed by atoms with Gasteiger partial charge >= 0.3 is 0 Å². The highest BCUT2D eigenvalue weighted by Gasteiger charge is 2.26. The molecule has 70 valence electrons. The van der Waals surface area contributed by atoms with Crippen LogP contribution in [0.4, 0.5) is 0 Å². The number of aliphatic hydroxyl groups is 1. The fraction of sp³-hybridized carbons (Fsp3) is 0.500. The van der Waals surface area contributed by atoms with Gasteiger partial charge in [0, 0.05) is 11.8 Å². The van der Waals surface area contributed by atoms with Crippen molar-refractivity contribution in [2.75, 3.05) is 0 Å². The molecule has 0 bridgehead atoms. The van der Waals surface area contributed by atoms with Crippen LogP contribution in [0.3, 0.4) is 0 Å². The molecule has 1 aliphatic carbocycles. The summed E-state index contributed by atoms with van der Waals surface area (Å²) >= 11 is 5.73. The molecule has 2 nitrogen and oxygen atoms in total. The Morgan fingerprint density at radius 1 is 1.54 bits per heavy atom. The number of rotatable bonds is 3. The van der Waals surface area contributed by atoms with Crippen LogP contribution in [0, 0.1) is 0 Å². The Hall–Kier alpha value is -0.600. The van der Waals surface area contributed by atoms with Crippen LogP contribution in [0.25, 0.3) is 0 Å². The second kappa shape index (κ2) is 3.64. The smallest absolute Gasteiger partial charge is 0.0702 e. The number of alkyl halides is 1. The highest BCUT2D eigenvalue weighted by Crippen LogP contribution is 2.42. The van der Waals surface area contributed by atoms with Crippen molar-refractivity contribution < 1.29 is 5.11 Å². The average molecular weight is 198 g/mol. The molecule has 13 heavy (non-hydrogen) atoms. The minimum absolute atomic E-state index is 0.0573. The molecule has 0 radical (unpaired) electrons. The number of hydrogen-bond acceptors (Lipinski definition) is 2. The first-order chi connectivity index (χ1) is 6.36. The van der Waals surface area contributed by atoms with Gasteiger partial charge in [-0.25, -0.2) is 0 Å². The van der Waals surface area contributed by atoms with Gasteiger partial charge in [0.1, 0.15) is 0 Å². The van der Waals surface area contributed by atoms with E-state index in [2.05, 4.69) is 4.98 Å². The summed E-state index contributed by atoms with van der Waals surface area (Å²) in [6.45, 7) is 0.0573. The Morgan fingerprint density at radius 3 is 2.85 bits per heavy atom. The summed E-state index contributed by atoms with van der Waals surface area (Å²) in [6.07, 6.45) is 4.25. The minimum atomic E-state index is 0.0573. The van der Waals surface area contributed by atoms with Gasteiger partial charge < -0.3 is 5.11 Å². The molecular weight excluding hydrogens is 186 g/mol. The van der Waals surface area contributed by atoms with Crippen molar-refractivity contribution in [2.45, 2.75) is 31.2 Å². The van der Waals surface area contributed by atoms with E-state index >= 15 is 0 Å². The van der Waals surface area contributed by atoms with E-state index in [9.17, 15) is 5.11 Å². The quantitative estimate of drug-likeness (QED) is 0.754. The number of aliphatic hydroxyl groups excluding tert-OH is 1. The molecule has 2 rings (SSSR count). The second-order valence-corrected chi connectivity index (χ2v) is 3.66. The third-order valence-electron chi connectivity index (χ3n) is 2.48. The Kier molecular flexibility index (Phi) is 2.51. The van der Waals surface area contributed by atoms with E-state index in [-0.39, 0.29) is 6.61 Å². The SMILES string of the molecule is OCc1c(C2CC2)ccnc1CCl. The third kappa shape index (κ3) is 1.69. The largest absolute Gasteiger partial charge is 0.392 e. The van der Waals surface area contributed by atoms with E-state index in [1.54, 1.807) is 6.20 Å². The van der Waals surface area contributed by atoms with E-state index in [0.717, 1.165) is 11.3 Å². The fourth-order valence-electron chi connectivity index (χ4n) is 1.63. The van der Waals surface area contributed by atoms with E-state index in [1.165, 1.54) is 18.4 Å². The Balaban J connectivity index is 2.41. The van der Waals surface area contributed by atoms with Gasteiger partial charge in [-0.1, -0.05) is 0 Å². The fourth-order valence-corrected chi connectivity index (χ4v) is 1.86. The first-order valence-electron chi connectivity index (χ1n) is 4.50. The van der Waals surface area contributed by atoms with E-state index in [0.29, 0.717) is 11.8 Å². The van der Waals surface area contributed by atoms with Crippen molar-refractivity contribution >= 4 is 11.6 Å². The summed E-state index contributed by atoms with van der Waals surface area (Å²) in [7, 11) is 0. The summed E-state index contributed by atoms with van der Waals surface area (Å²) in [5.74, 6) is 1.03. The van der Waals surface area contributed by atoms with Crippen molar-refractivity contribution in [2.24, 2.45) is 0 Å². The van der Waals surface area contributed by atoms with Crippen LogP contribution >= 0.6 is 11.6 Å². The number of halogens is 1. The van der Waals surface area contributed by atoms with E-state index in [1.807, 2.05) is 6.07 Å². The molecule has 0 aromatic carbocycles. The van der Waals surface area contributed by atoms with Crippen molar-refractivity contribution in [3.8, 4) is 0 Å². The maximum Gasteiger partial charge on any atom is 0.0702 e. The molecule has 0 amide bonds. The molecule has 3 heteroatoms. The number of aromatic nitrogens is 1. The number of nitrogens with zero attached hydrogens (tertiary/aromatic N) is 1. The van der Waals surface area contributed by atoms with Crippen LogP contribution in [0.15, 0.2) is 12.3 Å². The van der Waals surface area contributed by atoms with Crippen molar-refractivity contribution in [1.82, 2.24) is 4.98 Å². The Bertz CT molecular complexity index is 310. The molecule has 0 saturated heterocycles. The van der Waals surface area contributed by atoms with Crippen molar-refractivity contribution in [3.05, 3.63) is 29.1 Å². The maximum absolute atomic E-state index is 9.21. The molecule has 0 aliphatic heterocycles. The predicted octanol–water partition coefficient (Wildman–Crippen LogP) is 2.19. The van der Waals surface area contributed by atoms with Gasteiger partial charge in [-0.15, -0.1) is 11.6 Å². The van der Waals surface area contributed by atoms with Gasteiger partial charge in [-0.2, -0.15) is 0 Å². The molecule has 1 saturated carbocycles. The zero-order chi connectivity index (χ0) is 9.26. The minimum Gasteiger partial charge on any atom is -0.392 e. The monoisotopic (exact) mass is 197 g/mol. The van der Waals surface area contributed by atoms with Crippen LogP contribution in [-0.4, -0.2) is 10.1 Å². The summed E-state index contributed by atoms with van der Waals surface area (Å²) in [6, 6.07) is 2.00. The number of hydrogen-bond donors (Lipinski definition) is 1. The lowest BCUT2D eigenvalue weighted by atomic mass is 10.0. The van der Waals surface area contributed by atoms with Gasteiger partial charge in [0.25, 0.3) is 0 Å². The molecule has 1 fully saturated rings. The maximum atomic E-state index is 9.21. The zero-order valence-electron chi connectivity index (χ0n) is 7.33. The van der Waals surface area contributed by atoms with Crippen LogP contribution in [0.1, 0.15) is 35.6 Å². The van der Waals surface area contributed by atoms with Gasteiger partial charge in [-0.05, 0) is 30.4 Å². The van der Waals surface area contributed by atoms with Gasteiger partial charge in [-0.3, -0.25) is 4.98 Å². The second-order valence-electron chi connectivity index (χ2n) is 3.39. The van der Waals surface area contributed by atoms with Gasteiger partial charge in [0.2, 0.25) is 0 Å². The van der Waals surface area contributed by atoms with Gasteiger partial charge in [0.05, 0.1) is 18.2 Å².